The Morgan fingerprint density at radius 3 is 1.63 bits per heavy atom. The lowest BCUT2D eigenvalue weighted by Crippen LogP contribution is -2.32. The van der Waals surface area contributed by atoms with Gasteiger partial charge in [-0.1, -0.05) is 10.0 Å². The highest BCUT2D eigenvalue weighted by Crippen LogP contribution is 2.25. The first-order chi connectivity index (χ1) is 8.91. The monoisotopic (exact) mass is 270 g/mol. The minimum Gasteiger partial charge on any atom is -0.240 e. The van der Waals surface area contributed by atoms with Gasteiger partial charge < -0.3 is 0 Å². The van der Waals surface area contributed by atoms with Gasteiger partial charge in [0.1, 0.15) is 0 Å². The van der Waals surface area contributed by atoms with Crippen LogP contribution in [0, 0.1) is 20.2 Å². The molecule has 0 unspecified atom stereocenters. The predicted octanol–water partition coefficient (Wildman–Crippen LogP) is -0.731. The van der Waals surface area contributed by atoms with Crippen LogP contribution in [0.25, 0.3) is 11.3 Å². The summed E-state index contributed by atoms with van der Waals surface area (Å²) in [5, 5.41) is 27.6. The number of anilines is 2. The summed E-state index contributed by atoms with van der Waals surface area (Å²) in [5.74, 6) is -0.709. The molecule has 2 aromatic heterocycles. The van der Waals surface area contributed by atoms with Gasteiger partial charge in [-0.2, -0.15) is 9.97 Å². The molecule has 100 valence electrons. The molecule has 0 aliphatic rings. The normalized spacial score (nSPS) is 10.4. The number of rotatable bonds is 4. The fourth-order valence-electron chi connectivity index (χ4n) is 1.21. The van der Waals surface area contributed by atoms with Crippen LogP contribution in [0.3, 0.4) is 0 Å². The summed E-state index contributed by atoms with van der Waals surface area (Å²) in [7, 11) is 2.14. The van der Waals surface area contributed by atoms with Crippen LogP contribution >= 0.6 is 0 Å². The summed E-state index contributed by atoms with van der Waals surface area (Å²) in [4.78, 5) is 29.0. The molecule has 2 rings (SSSR count). The van der Waals surface area contributed by atoms with Crippen molar-refractivity contribution >= 4 is 22.9 Å². The molecule has 0 atom stereocenters. The highest BCUT2D eigenvalue weighted by molar-refractivity contribution is 5.73. The van der Waals surface area contributed by atoms with Gasteiger partial charge in [0.25, 0.3) is 0 Å². The van der Waals surface area contributed by atoms with E-state index in [0.717, 1.165) is 14.1 Å². The number of hydrogen-bond donors (Lipinski definition) is 0. The van der Waals surface area contributed by atoms with Crippen LogP contribution in [-0.2, 0) is 0 Å². The molecule has 0 amide bonds. The molecule has 13 nitrogen and oxygen atoms in total. The van der Waals surface area contributed by atoms with E-state index in [1.165, 1.54) is 0 Å². The van der Waals surface area contributed by atoms with Gasteiger partial charge in [-0.05, 0) is 10.3 Å². The van der Waals surface area contributed by atoms with E-state index in [-0.39, 0.29) is 22.9 Å². The zero-order valence-electron chi connectivity index (χ0n) is 9.62. The van der Waals surface area contributed by atoms with Crippen molar-refractivity contribution in [1.29, 1.82) is 0 Å². The molecule has 13 heteroatoms. The molecule has 2 aromatic rings. The standard InChI is InChI=1S/C6H6N8O5/c1-11(13(15)16)5-6(12(2)14(17)18)8-4-3(7-5)9-19-10-4/h1-2H3. The fraction of sp³-hybridized carbons (Fsp3) is 0.333. The number of hydrogen-bond acceptors (Lipinski definition) is 9. The Morgan fingerprint density at radius 1 is 0.947 bits per heavy atom. The van der Waals surface area contributed by atoms with Crippen molar-refractivity contribution < 1.29 is 14.7 Å². The maximum atomic E-state index is 10.7. The molecular formula is C6H6N8O5. The summed E-state index contributed by atoms with van der Waals surface area (Å²) >= 11 is 0. The Kier molecular flexibility index (Phi) is 2.78. The van der Waals surface area contributed by atoms with Gasteiger partial charge in [0.05, 0.1) is 14.1 Å². The van der Waals surface area contributed by atoms with Crippen LogP contribution in [0.4, 0.5) is 11.6 Å². The Bertz CT molecular complexity index is 600. The highest BCUT2D eigenvalue weighted by atomic mass is 16.7. The van der Waals surface area contributed by atoms with Gasteiger partial charge in [-0.3, -0.25) is 0 Å². The number of nitrogens with zero attached hydrogens (tertiary/aromatic N) is 8. The van der Waals surface area contributed by atoms with E-state index >= 15 is 0 Å². The summed E-state index contributed by atoms with van der Waals surface area (Å²) in [6, 6.07) is 0. The molecule has 0 N–H and O–H groups in total. The smallest absolute Gasteiger partial charge is 0.240 e. The lowest BCUT2D eigenvalue weighted by molar-refractivity contribution is -0.495. The van der Waals surface area contributed by atoms with Crippen LogP contribution in [0.1, 0.15) is 0 Å². The summed E-state index contributed by atoms with van der Waals surface area (Å²) in [6.07, 6.45) is 0. The van der Waals surface area contributed by atoms with Crippen LogP contribution in [0.2, 0.25) is 0 Å². The van der Waals surface area contributed by atoms with Gasteiger partial charge in [0.2, 0.25) is 22.9 Å². The zero-order chi connectivity index (χ0) is 14.2. The lowest BCUT2D eigenvalue weighted by Gasteiger charge is -2.13. The molecule has 0 bridgehead atoms. The summed E-state index contributed by atoms with van der Waals surface area (Å²) in [5.41, 5.74) is -0.187. The molecule has 0 fully saturated rings. The molecule has 2 heterocycles. The second-order valence-electron chi connectivity index (χ2n) is 3.31. The number of aromatic nitrogens is 4. The summed E-state index contributed by atoms with van der Waals surface area (Å²) in [6.45, 7) is 0. The second-order valence-corrected chi connectivity index (χ2v) is 3.31. The molecule has 0 aliphatic heterocycles. The van der Waals surface area contributed by atoms with E-state index < -0.39 is 10.1 Å². The Balaban J connectivity index is 2.66. The first kappa shape index (κ1) is 12.3. The quantitative estimate of drug-likeness (QED) is 0.509. The minimum atomic E-state index is -0.805. The Labute approximate surface area is 103 Å². The van der Waals surface area contributed by atoms with Gasteiger partial charge in [0, 0.05) is 0 Å². The molecule has 0 spiro atoms. The van der Waals surface area contributed by atoms with E-state index in [1.807, 2.05) is 0 Å². The lowest BCUT2D eigenvalue weighted by atomic mass is 10.5. The third-order valence-corrected chi connectivity index (χ3v) is 2.18. The van der Waals surface area contributed by atoms with Crippen LogP contribution in [-0.4, -0.2) is 44.4 Å². The average Bonchev–Trinajstić information content (AvgIpc) is 2.82. The van der Waals surface area contributed by atoms with E-state index in [4.69, 9.17) is 0 Å². The average molecular weight is 270 g/mol. The topological polar surface area (TPSA) is 157 Å². The largest absolute Gasteiger partial charge is 0.245 e. The summed E-state index contributed by atoms with van der Waals surface area (Å²) < 4.78 is 4.35. The van der Waals surface area contributed by atoms with Gasteiger partial charge in [-0.15, -0.1) is 0 Å². The Morgan fingerprint density at radius 2 is 1.32 bits per heavy atom. The second kappa shape index (κ2) is 4.28. The highest BCUT2D eigenvalue weighted by Gasteiger charge is 2.28. The molecule has 0 aromatic carbocycles. The van der Waals surface area contributed by atoms with Crippen molar-refractivity contribution in [3.8, 4) is 0 Å². The minimum absolute atomic E-state index is 0.0933. The van der Waals surface area contributed by atoms with Gasteiger partial charge in [0.15, 0.2) is 10.1 Å². The number of fused-ring (bicyclic) bond motifs is 1. The molecule has 0 saturated carbocycles. The van der Waals surface area contributed by atoms with Gasteiger partial charge >= 0.3 is 0 Å². The van der Waals surface area contributed by atoms with Gasteiger partial charge in [-0.25, -0.2) is 24.9 Å². The first-order valence-electron chi connectivity index (χ1n) is 4.68. The predicted molar refractivity (Wildman–Crippen MR) is 58.2 cm³/mol. The van der Waals surface area contributed by atoms with E-state index in [1.54, 1.807) is 0 Å². The third kappa shape index (κ3) is 2.03. The van der Waals surface area contributed by atoms with E-state index in [9.17, 15) is 20.2 Å². The Hall–Kier alpha value is -3.12. The third-order valence-electron chi connectivity index (χ3n) is 2.18. The number of hydrazine groups is 2. The van der Waals surface area contributed by atoms with Crippen molar-refractivity contribution in [2.45, 2.75) is 0 Å². The van der Waals surface area contributed by atoms with Crippen LogP contribution < -0.4 is 10.0 Å². The molecular weight excluding hydrogens is 264 g/mol. The fourth-order valence-corrected chi connectivity index (χ4v) is 1.21. The molecule has 19 heavy (non-hydrogen) atoms. The first-order valence-corrected chi connectivity index (χ1v) is 4.68. The number of nitro groups is 2. The zero-order valence-corrected chi connectivity index (χ0v) is 9.62. The molecule has 0 radical (unpaired) electrons. The maximum Gasteiger partial charge on any atom is 0.245 e. The molecule has 0 aliphatic carbocycles. The van der Waals surface area contributed by atoms with E-state index in [0.29, 0.717) is 10.0 Å². The van der Waals surface area contributed by atoms with Crippen molar-refractivity contribution in [2.75, 3.05) is 24.1 Å². The van der Waals surface area contributed by atoms with Crippen molar-refractivity contribution in [3.05, 3.63) is 20.2 Å². The van der Waals surface area contributed by atoms with Crippen LogP contribution in [0.5, 0.6) is 0 Å². The van der Waals surface area contributed by atoms with Crippen molar-refractivity contribution in [2.24, 2.45) is 0 Å². The SMILES string of the molecule is CN(c1nc2nonc2nc1N(C)[N+](=O)[O-])[N+](=O)[O-]. The van der Waals surface area contributed by atoms with E-state index in [2.05, 4.69) is 24.9 Å². The van der Waals surface area contributed by atoms with Crippen LogP contribution in [0.15, 0.2) is 4.63 Å². The maximum absolute atomic E-state index is 10.7. The van der Waals surface area contributed by atoms with Crippen molar-refractivity contribution in [1.82, 2.24) is 20.3 Å². The molecule has 0 saturated heterocycles. The van der Waals surface area contributed by atoms with Crippen molar-refractivity contribution in [3.63, 3.8) is 0 Å².